The number of carboxylic acids is 1. The lowest BCUT2D eigenvalue weighted by Gasteiger charge is -2.23. The van der Waals surface area contributed by atoms with Crippen molar-refractivity contribution < 1.29 is 19.7 Å². The van der Waals surface area contributed by atoms with Crippen molar-refractivity contribution in [3.8, 4) is 11.8 Å². The molecule has 2 fully saturated rings. The van der Waals surface area contributed by atoms with E-state index >= 15 is 0 Å². The number of carbonyl (C=O) groups is 1. The summed E-state index contributed by atoms with van der Waals surface area (Å²) < 4.78 is 6.04. The Morgan fingerprint density at radius 3 is 2.80 bits per heavy atom. The molecule has 25 heavy (non-hydrogen) atoms. The lowest BCUT2D eigenvalue weighted by Crippen LogP contribution is -2.26. The highest BCUT2D eigenvalue weighted by Crippen LogP contribution is 2.44. The van der Waals surface area contributed by atoms with E-state index in [2.05, 4.69) is 30.9 Å². The third-order valence-electron chi connectivity index (χ3n) is 5.26. The number of allylic oxidation sites excluding steroid dienone is 2. The predicted octanol–water partition coefficient (Wildman–Crippen LogP) is 3.93. The lowest BCUT2D eigenvalue weighted by molar-refractivity contribution is -0.137. The summed E-state index contributed by atoms with van der Waals surface area (Å²) in [6, 6.07) is 0. The molecule has 0 aromatic carbocycles. The van der Waals surface area contributed by atoms with Crippen molar-refractivity contribution in [2.45, 2.75) is 89.4 Å². The quantitative estimate of drug-likeness (QED) is 0.357. The molecule has 2 aliphatic heterocycles. The Hall–Kier alpha value is -1.31. The monoisotopic (exact) mass is 348 g/mol. The van der Waals surface area contributed by atoms with E-state index in [1.807, 2.05) is 0 Å². The Balaban J connectivity index is 1.80. The van der Waals surface area contributed by atoms with Gasteiger partial charge in [-0.1, -0.05) is 43.8 Å². The maximum atomic E-state index is 10.5. The van der Waals surface area contributed by atoms with Gasteiger partial charge in [-0.25, -0.2) is 0 Å². The van der Waals surface area contributed by atoms with E-state index in [4.69, 9.17) is 9.84 Å². The van der Waals surface area contributed by atoms with Gasteiger partial charge in [-0.05, 0) is 44.9 Å². The summed E-state index contributed by atoms with van der Waals surface area (Å²) in [6.07, 6.45) is 13.2. The normalized spacial score (nSPS) is 28.9. The highest BCUT2D eigenvalue weighted by Gasteiger charge is 2.47. The van der Waals surface area contributed by atoms with Crippen LogP contribution in [0.5, 0.6) is 0 Å². The maximum absolute atomic E-state index is 10.5. The van der Waals surface area contributed by atoms with E-state index in [1.54, 1.807) is 0 Å². The second-order valence-electron chi connectivity index (χ2n) is 7.27. The summed E-state index contributed by atoms with van der Waals surface area (Å²) in [5.74, 6) is 6.28. The van der Waals surface area contributed by atoms with Crippen LogP contribution in [0.2, 0.25) is 0 Å². The summed E-state index contributed by atoms with van der Waals surface area (Å²) in [7, 11) is 0. The largest absolute Gasteiger partial charge is 0.481 e. The zero-order chi connectivity index (χ0) is 18.1. The number of fused-ring (bicyclic) bond motifs is 2. The molecule has 0 spiro atoms. The molecule has 0 aliphatic carbocycles. The minimum atomic E-state index is -0.734. The van der Waals surface area contributed by atoms with Gasteiger partial charge in [-0.2, -0.15) is 0 Å². The van der Waals surface area contributed by atoms with Gasteiger partial charge in [-0.3, -0.25) is 4.79 Å². The van der Waals surface area contributed by atoms with E-state index in [1.165, 1.54) is 0 Å². The maximum Gasteiger partial charge on any atom is 0.303 e. The molecule has 0 saturated carbocycles. The number of ether oxygens (including phenoxy) is 1. The number of carboxylic acid groups (broad SMARTS) is 1. The summed E-state index contributed by atoms with van der Waals surface area (Å²) in [5, 5.41) is 18.7. The van der Waals surface area contributed by atoms with Crippen molar-refractivity contribution in [3.63, 3.8) is 0 Å². The fourth-order valence-electron chi connectivity index (χ4n) is 3.87. The molecular weight excluding hydrogens is 316 g/mol. The molecule has 4 nitrogen and oxygen atoms in total. The summed E-state index contributed by atoms with van der Waals surface area (Å²) in [5.41, 5.74) is 0. The van der Waals surface area contributed by atoms with E-state index in [9.17, 15) is 9.90 Å². The highest BCUT2D eigenvalue weighted by atomic mass is 16.5. The van der Waals surface area contributed by atoms with Crippen LogP contribution in [0, 0.1) is 23.7 Å². The second-order valence-corrected chi connectivity index (χ2v) is 7.27. The van der Waals surface area contributed by atoms with Gasteiger partial charge in [0.05, 0.1) is 18.1 Å². The van der Waals surface area contributed by atoms with Crippen LogP contribution < -0.4 is 0 Å². The topological polar surface area (TPSA) is 66.8 Å². The minimum absolute atomic E-state index is 0.225. The summed E-state index contributed by atoms with van der Waals surface area (Å²) in [6.45, 7) is 2.16. The average molecular weight is 348 g/mol. The third-order valence-corrected chi connectivity index (χ3v) is 5.26. The first kappa shape index (κ1) is 20.0. The Kier molecular flexibility index (Phi) is 8.51. The van der Waals surface area contributed by atoms with E-state index in [-0.39, 0.29) is 18.4 Å². The standard InChI is InChI=1S/C21H32O4/c1-2-3-6-9-16(22)12-13-18-17(19-14-15-20(18)25-19)10-7-4-5-8-11-21(23)24/h4,7,16-20,22H,2-3,5-6,8-11,14-15H2,1H3,(H,23,24)/b7-4-/t16?,17-,18-,19+,20-/m0/s1. The van der Waals surface area contributed by atoms with Crippen molar-refractivity contribution >= 4 is 5.97 Å². The van der Waals surface area contributed by atoms with Crippen LogP contribution in [0.1, 0.15) is 71.1 Å². The molecular formula is C21H32O4. The van der Waals surface area contributed by atoms with E-state index < -0.39 is 12.1 Å². The van der Waals surface area contributed by atoms with Crippen molar-refractivity contribution in [2.75, 3.05) is 0 Å². The lowest BCUT2D eigenvalue weighted by atomic mass is 9.77. The number of unbranched alkanes of at least 4 members (excludes halogenated alkanes) is 3. The predicted molar refractivity (Wildman–Crippen MR) is 98.0 cm³/mol. The van der Waals surface area contributed by atoms with Crippen LogP contribution in [0.3, 0.4) is 0 Å². The van der Waals surface area contributed by atoms with Gasteiger partial charge >= 0.3 is 5.97 Å². The number of hydrogen-bond donors (Lipinski definition) is 2. The molecule has 140 valence electrons. The molecule has 4 heteroatoms. The Bertz CT molecular complexity index is 502. The Labute approximate surface area is 151 Å². The average Bonchev–Trinajstić information content (AvgIpc) is 3.17. The van der Waals surface area contributed by atoms with E-state index in [0.29, 0.717) is 18.4 Å². The molecule has 1 unspecified atom stereocenters. The second kappa shape index (κ2) is 10.6. The molecule has 2 heterocycles. The van der Waals surface area contributed by atoms with Crippen molar-refractivity contribution in [1.29, 1.82) is 0 Å². The number of aliphatic hydroxyl groups is 1. The first-order valence-electron chi connectivity index (χ1n) is 9.83. The molecule has 5 atom stereocenters. The molecule has 0 aromatic rings. The fraction of sp³-hybridized carbons (Fsp3) is 0.762. The molecule has 2 rings (SSSR count). The van der Waals surface area contributed by atoms with E-state index in [0.717, 1.165) is 51.4 Å². The van der Waals surface area contributed by atoms with Gasteiger partial charge in [-0.15, -0.1) is 0 Å². The molecule has 0 aromatic heterocycles. The van der Waals surface area contributed by atoms with Crippen LogP contribution in [-0.4, -0.2) is 34.5 Å². The zero-order valence-electron chi connectivity index (χ0n) is 15.3. The van der Waals surface area contributed by atoms with Gasteiger partial charge in [0, 0.05) is 12.3 Å². The zero-order valence-corrected chi connectivity index (χ0v) is 15.3. The number of aliphatic carboxylic acids is 1. The van der Waals surface area contributed by atoms with Crippen LogP contribution in [0.15, 0.2) is 12.2 Å². The summed E-state index contributed by atoms with van der Waals surface area (Å²) >= 11 is 0. The molecule has 0 amide bonds. The minimum Gasteiger partial charge on any atom is -0.481 e. The SMILES string of the molecule is CCCCCC(O)C#C[C@H]1[C@H](C/C=C\CCCC(=O)O)[C@H]2CC[C@@H]1O2. The number of rotatable bonds is 10. The van der Waals surface area contributed by atoms with Crippen LogP contribution in [0.4, 0.5) is 0 Å². The Morgan fingerprint density at radius 2 is 2.04 bits per heavy atom. The van der Waals surface area contributed by atoms with Crippen LogP contribution in [0.25, 0.3) is 0 Å². The first-order valence-corrected chi connectivity index (χ1v) is 9.83. The van der Waals surface area contributed by atoms with Gasteiger partial charge < -0.3 is 14.9 Å². The smallest absolute Gasteiger partial charge is 0.303 e. The van der Waals surface area contributed by atoms with Crippen LogP contribution in [-0.2, 0) is 9.53 Å². The molecule has 2 aliphatic rings. The molecule has 2 bridgehead atoms. The Morgan fingerprint density at radius 1 is 1.24 bits per heavy atom. The fourth-order valence-corrected chi connectivity index (χ4v) is 3.87. The molecule has 2 N–H and O–H groups in total. The number of aliphatic hydroxyl groups excluding tert-OH is 1. The molecule has 0 radical (unpaired) electrons. The van der Waals surface area contributed by atoms with Crippen molar-refractivity contribution in [3.05, 3.63) is 12.2 Å². The first-order chi connectivity index (χ1) is 12.1. The summed E-state index contributed by atoms with van der Waals surface area (Å²) in [4.78, 5) is 10.5. The van der Waals surface area contributed by atoms with Crippen molar-refractivity contribution in [2.24, 2.45) is 11.8 Å². The third kappa shape index (κ3) is 6.49. The van der Waals surface area contributed by atoms with Gasteiger partial charge in [0.2, 0.25) is 0 Å². The van der Waals surface area contributed by atoms with Crippen LogP contribution >= 0.6 is 0 Å². The van der Waals surface area contributed by atoms with Crippen molar-refractivity contribution in [1.82, 2.24) is 0 Å². The number of hydrogen-bond acceptors (Lipinski definition) is 3. The van der Waals surface area contributed by atoms with Gasteiger partial charge in [0.1, 0.15) is 6.10 Å². The van der Waals surface area contributed by atoms with Gasteiger partial charge in [0.25, 0.3) is 0 Å². The van der Waals surface area contributed by atoms with Gasteiger partial charge in [0.15, 0.2) is 0 Å². The molecule has 2 saturated heterocycles. The highest BCUT2D eigenvalue weighted by molar-refractivity contribution is 5.66.